The molecule has 0 bridgehead atoms. The van der Waals surface area contributed by atoms with Gasteiger partial charge in [-0.25, -0.2) is 4.98 Å². The molecule has 22 heavy (non-hydrogen) atoms. The van der Waals surface area contributed by atoms with Gasteiger partial charge in [0.15, 0.2) is 0 Å². The van der Waals surface area contributed by atoms with E-state index in [-0.39, 0.29) is 5.91 Å². The summed E-state index contributed by atoms with van der Waals surface area (Å²) in [5.74, 6) is 0.398. The van der Waals surface area contributed by atoms with E-state index in [0.717, 1.165) is 11.4 Å². The number of benzene rings is 1. The molecule has 0 aliphatic rings. The van der Waals surface area contributed by atoms with Crippen LogP contribution < -0.4 is 10.6 Å². The molecule has 0 fully saturated rings. The lowest BCUT2D eigenvalue weighted by atomic mass is 10.2. The number of hydrogen-bond acceptors (Lipinski definition) is 4. The highest BCUT2D eigenvalue weighted by Gasteiger charge is 2.07. The summed E-state index contributed by atoms with van der Waals surface area (Å²) >= 11 is 1.40. The number of hydrogen-bond donors (Lipinski definition) is 2. The molecule has 0 saturated heterocycles. The van der Waals surface area contributed by atoms with Gasteiger partial charge in [0, 0.05) is 5.69 Å². The first-order chi connectivity index (χ1) is 10.7. The van der Waals surface area contributed by atoms with E-state index >= 15 is 0 Å². The summed E-state index contributed by atoms with van der Waals surface area (Å²) in [5, 5.41) is 7.91. The molecule has 3 aromatic rings. The molecule has 0 spiro atoms. The third kappa shape index (κ3) is 3.51. The van der Waals surface area contributed by atoms with Crippen LogP contribution in [0.2, 0.25) is 0 Å². The minimum atomic E-state index is -0.137. The number of aryl methyl sites for hydroxylation is 1. The second kappa shape index (κ2) is 6.41. The summed E-state index contributed by atoms with van der Waals surface area (Å²) in [6, 6.07) is 15.4. The number of amides is 1. The molecular formula is C17H15N3OS. The molecule has 0 radical (unpaired) electrons. The summed E-state index contributed by atoms with van der Waals surface area (Å²) in [6.45, 7) is 2.05. The van der Waals surface area contributed by atoms with Gasteiger partial charge in [-0.3, -0.25) is 4.79 Å². The Balaban J connectivity index is 1.65. The van der Waals surface area contributed by atoms with Crippen LogP contribution >= 0.6 is 11.3 Å². The normalized spacial score (nSPS) is 10.2. The molecule has 3 rings (SSSR count). The smallest absolute Gasteiger partial charge is 0.266 e. The van der Waals surface area contributed by atoms with E-state index in [0.29, 0.717) is 10.7 Å². The van der Waals surface area contributed by atoms with E-state index in [1.807, 2.05) is 41.8 Å². The van der Waals surface area contributed by atoms with Crippen molar-refractivity contribution in [2.75, 3.05) is 10.6 Å². The fraction of sp³-hybridized carbons (Fsp3) is 0.0588. The van der Waals surface area contributed by atoms with Crippen molar-refractivity contribution in [3.8, 4) is 0 Å². The Labute approximate surface area is 132 Å². The number of carbonyl (C=O) groups excluding carboxylic acids is 1. The van der Waals surface area contributed by atoms with Gasteiger partial charge in [0.1, 0.15) is 5.82 Å². The zero-order valence-corrected chi connectivity index (χ0v) is 12.9. The average molecular weight is 309 g/mol. The van der Waals surface area contributed by atoms with Gasteiger partial charge in [0.2, 0.25) is 0 Å². The SMILES string of the molecule is Cc1ccc(Nc2ccc(NC(=O)c3cccs3)nc2)cc1. The van der Waals surface area contributed by atoms with Gasteiger partial charge in [-0.1, -0.05) is 23.8 Å². The van der Waals surface area contributed by atoms with E-state index in [4.69, 9.17) is 0 Å². The molecule has 0 unspecified atom stereocenters. The van der Waals surface area contributed by atoms with Crippen LogP contribution in [0.1, 0.15) is 15.2 Å². The molecule has 0 aliphatic carbocycles. The van der Waals surface area contributed by atoms with Crippen molar-refractivity contribution < 1.29 is 4.79 Å². The second-order valence-corrected chi connectivity index (χ2v) is 5.80. The monoisotopic (exact) mass is 309 g/mol. The summed E-state index contributed by atoms with van der Waals surface area (Å²) in [5.41, 5.74) is 3.09. The Morgan fingerprint density at radius 1 is 1.05 bits per heavy atom. The largest absolute Gasteiger partial charge is 0.354 e. The van der Waals surface area contributed by atoms with Crippen molar-refractivity contribution in [3.63, 3.8) is 0 Å². The molecule has 4 nitrogen and oxygen atoms in total. The van der Waals surface area contributed by atoms with Crippen LogP contribution in [-0.4, -0.2) is 10.9 Å². The average Bonchev–Trinajstić information content (AvgIpc) is 3.06. The van der Waals surface area contributed by atoms with Crippen molar-refractivity contribution in [2.45, 2.75) is 6.92 Å². The van der Waals surface area contributed by atoms with Crippen LogP contribution in [0.3, 0.4) is 0 Å². The first-order valence-electron chi connectivity index (χ1n) is 6.85. The highest BCUT2D eigenvalue weighted by atomic mass is 32.1. The molecule has 110 valence electrons. The molecule has 2 aromatic heterocycles. The summed E-state index contributed by atoms with van der Waals surface area (Å²) in [4.78, 5) is 16.8. The number of aromatic nitrogens is 1. The molecule has 1 amide bonds. The summed E-state index contributed by atoms with van der Waals surface area (Å²) in [6.07, 6.45) is 1.70. The highest BCUT2D eigenvalue weighted by molar-refractivity contribution is 7.12. The first kappa shape index (κ1) is 14.3. The van der Waals surface area contributed by atoms with Crippen LogP contribution in [0.15, 0.2) is 60.1 Å². The second-order valence-electron chi connectivity index (χ2n) is 4.85. The van der Waals surface area contributed by atoms with Crippen LogP contribution in [0.25, 0.3) is 0 Å². The maximum absolute atomic E-state index is 11.9. The fourth-order valence-electron chi connectivity index (χ4n) is 1.93. The van der Waals surface area contributed by atoms with Crippen molar-refractivity contribution in [3.05, 3.63) is 70.5 Å². The third-order valence-electron chi connectivity index (χ3n) is 3.09. The van der Waals surface area contributed by atoms with Gasteiger partial charge < -0.3 is 10.6 Å². The minimum Gasteiger partial charge on any atom is -0.354 e. The summed E-state index contributed by atoms with van der Waals surface area (Å²) < 4.78 is 0. The lowest BCUT2D eigenvalue weighted by Crippen LogP contribution is -2.11. The summed E-state index contributed by atoms with van der Waals surface area (Å²) in [7, 11) is 0. The third-order valence-corrected chi connectivity index (χ3v) is 3.96. The number of carbonyl (C=O) groups is 1. The zero-order chi connectivity index (χ0) is 15.4. The van der Waals surface area contributed by atoms with Crippen molar-refractivity contribution in [2.24, 2.45) is 0 Å². The lowest BCUT2D eigenvalue weighted by molar-refractivity contribution is 0.103. The van der Waals surface area contributed by atoms with E-state index in [2.05, 4.69) is 22.5 Å². The molecule has 0 saturated carbocycles. The molecule has 0 aliphatic heterocycles. The van der Waals surface area contributed by atoms with Crippen LogP contribution in [0, 0.1) is 6.92 Å². The first-order valence-corrected chi connectivity index (χ1v) is 7.73. The number of pyridine rings is 1. The van der Waals surface area contributed by atoms with Gasteiger partial charge >= 0.3 is 0 Å². The number of rotatable bonds is 4. The van der Waals surface area contributed by atoms with Gasteiger partial charge in [-0.2, -0.15) is 0 Å². The number of nitrogens with zero attached hydrogens (tertiary/aromatic N) is 1. The van der Waals surface area contributed by atoms with Crippen LogP contribution in [0.5, 0.6) is 0 Å². The maximum atomic E-state index is 11.9. The zero-order valence-electron chi connectivity index (χ0n) is 12.0. The van der Waals surface area contributed by atoms with E-state index in [1.165, 1.54) is 16.9 Å². The van der Waals surface area contributed by atoms with Gasteiger partial charge in [-0.15, -0.1) is 11.3 Å². The molecular weight excluding hydrogens is 294 g/mol. The Bertz CT molecular complexity index is 750. The molecule has 0 atom stereocenters. The van der Waals surface area contributed by atoms with Gasteiger partial charge in [0.05, 0.1) is 16.8 Å². The van der Waals surface area contributed by atoms with E-state index in [1.54, 1.807) is 18.3 Å². The topological polar surface area (TPSA) is 54.0 Å². The minimum absolute atomic E-state index is 0.137. The molecule has 2 N–H and O–H groups in total. The van der Waals surface area contributed by atoms with Crippen molar-refractivity contribution in [1.82, 2.24) is 4.98 Å². The Morgan fingerprint density at radius 2 is 1.82 bits per heavy atom. The van der Waals surface area contributed by atoms with Gasteiger partial charge in [0.25, 0.3) is 5.91 Å². The van der Waals surface area contributed by atoms with Crippen molar-refractivity contribution >= 4 is 34.4 Å². The fourth-order valence-corrected chi connectivity index (χ4v) is 2.55. The van der Waals surface area contributed by atoms with Crippen LogP contribution in [-0.2, 0) is 0 Å². The molecule has 1 aromatic carbocycles. The maximum Gasteiger partial charge on any atom is 0.266 e. The Hall–Kier alpha value is -2.66. The quantitative estimate of drug-likeness (QED) is 0.748. The molecule has 2 heterocycles. The standard InChI is InChI=1S/C17H15N3OS/c1-12-4-6-13(7-5-12)19-14-8-9-16(18-11-14)20-17(21)15-3-2-10-22-15/h2-11,19H,1H3,(H,18,20,21). The predicted octanol–water partition coefficient (Wildman–Crippen LogP) is 4.45. The van der Waals surface area contributed by atoms with E-state index in [9.17, 15) is 4.79 Å². The Morgan fingerprint density at radius 3 is 2.45 bits per heavy atom. The van der Waals surface area contributed by atoms with Gasteiger partial charge in [-0.05, 0) is 42.6 Å². The van der Waals surface area contributed by atoms with E-state index < -0.39 is 0 Å². The van der Waals surface area contributed by atoms with Crippen LogP contribution in [0.4, 0.5) is 17.2 Å². The number of thiophene rings is 1. The predicted molar refractivity (Wildman–Crippen MR) is 91.0 cm³/mol. The highest BCUT2D eigenvalue weighted by Crippen LogP contribution is 2.18. The lowest BCUT2D eigenvalue weighted by Gasteiger charge is -2.08. The van der Waals surface area contributed by atoms with Crippen molar-refractivity contribution in [1.29, 1.82) is 0 Å². The Kier molecular flexibility index (Phi) is 4.16. The number of anilines is 3. The molecule has 5 heteroatoms. The number of nitrogens with one attached hydrogen (secondary N) is 2.